The van der Waals surface area contributed by atoms with Crippen LogP contribution >= 0.6 is 0 Å². The molecule has 0 aromatic heterocycles. The molecule has 4 nitrogen and oxygen atoms in total. The third-order valence-corrected chi connectivity index (χ3v) is 2.83. The molecule has 1 rings (SSSR count). The van der Waals surface area contributed by atoms with Crippen molar-refractivity contribution in [2.75, 3.05) is 18.9 Å². The molecule has 1 aromatic rings. The number of carbonyl (C=O) groups excluding carboxylic acids is 1. The number of anilines is 1. The smallest absolute Gasteiger partial charge is 0.251 e. The SMILES string of the molecule is CCOC(C)(C)CNC(=O)c1cccc(N)c1C. The lowest BCUT2D eigenvalue weighted by Crippen LogP contribution is -2.40. The van der Waals surface area contributed by atoms with Crippen molar-refractivity contribution in [1.29, 1.82) is 0 Å². The number of nitrogens with one attached hydrogen (secondary N) is 1. The quantitative estimate of drug-likeness (QED) is 0.787. The normalized spacial score (nSPS) is 11.3. The molecule has 1 aromatic carbocycles. The minimum absolute atomic E-state index is 0.118. The number of amides is 1. The van der Waals surface area contributed by atoms with Crippen LogP contribution in [0.25, 0.3) is 0 Å². The Labute approximate surface area is 109 Å². The molecule has 0 heterocycles. The third-order valence-electron chi connectivity index (χ3n) is 2.83. The van der Waals surface area contributed by atoms with Gasteiger partial charge in [0.2, 0.25) is 0 Å². The zero-order valence-corrected chi connectivity index (χ0v) is 11.5. The van der Waals surface area contributed by atoms with E-state index in [1.807, 2.05) is 27.7 Å². The molecule has 0 aliphatic carbocycles. The molecule has 3 N–H and O–H groups in total. The summed E-state index contributed by atoms with van der Waals surface area (Å²) in [5.74, 6) is -0.118. The fourth-order valence-electron chi connectivity index (χ4n) is 1.73. The second-order valence-corrected chi connectivity index (χ2v) is 4.90. The summed E-state index contributed by atoms with van der Waals surface area (Å²) in [6.07, 6.45) is 0. The van der Waals surface area contributed by atoms with Gasteiger partial charge in [0.25, 0.3) is 5.91 Å². The Bertz CT molecular complexity index is 428. The van der Waals surface area contributed by atoms with E-state index in [1.165, 1.54) is 0 Å². The number of nitrogen functional groups attached to an aromatic ring is 1. The Kier molecular flexibility index (Phi) is 4.73. The van der Waals surface area contributed by atoms with Gasteiger partial charge in [0.15, 0.2) is 0 Å². The Morgan fingerprint density at radius 1 is 1.44 bits per heavy atom. The second-order valence-electron chi connectivity index (χ2n) is 4.90. The Morgan fingerprint density at radius 3 is 2.72 bits per heavy atom. The van der Waals surface area contributed by atoms with E-state index in [0.29, 0.717) is 24.4 Å². The first-order valence-electron chi connectivity index (χ1n) is 6.14. The van der Waals surface area contributed by atoms with Crippen LogP contribution in [0, 0.1) is 6.92 Å². The summed E-state index contributed by atoms with van der Waals surface area (Å²) in [5.41, 5.74) is 7.47. The number of ether oxygens (including phenoxy) is 1. The number of hydrogen-bond acceptors (Lipinski definition) is 3. The summed E-state index contributed by atoms with van der Waals surface area (Å²) in [6.45, 7) is 8.77. The monoisotopic (exact) mass is 250 g/mol. The van der Waals surface area contributed by atoms with Crippen LogP contribution in [-0.4, -0.2) is 24.7 Å². The molecule has 0 radical (unpaired) electrons. The predicted octanol–water partition coefficient (Wildman–Crippen LogP) is 2.12. The second kappa shape index (κ2) is 5.87. The molecule has 18 heavy (non-hydrogen) atoms. The molecule has 0 aliphatic heterocycles. The van der Waals surface area contributed by atoms with Gasteiger partial charge < -0.3 is 15.8 Å². The van der Waals surface area contributed by atoms with Crippen LogP contribution < -0.4 is 11.1 Å². The van der Waals surface area contributed by atoms with Crippen LogP contribution in [-0.2, 0) is 4.74 Å². The van der Waals surface area contributed by atoms with E-state index in [4.69, 9.17) is 10.5 Å². The molecule has 0 aliphatic rings. The van der Waals surface area contributed by atoms with E-state index in [1.54, 1.807) is 18.2 Å². The van der Waals surface area contributed by atoms with Gasteiger partial charge in [-0.15, -0.1) is 0 Å². The zero-order chi connectivity index (χ0) is 13.8. The van der Waals surface area contributed by atoms with Crippen molar-refractivity contribution in [2.45, 2.75) is 33.3 Å². The lowest BCUT2D eigenvalue weighted by atomic mass is 10.1. The van der Waals surface area contributed by atoms with Crippen molar-refractivity contribution in [3.8, 4) is 0 Å². The van der Waals surface area contributed by atoms with Crippen molar-refractivity contribution >= 4 is 11.6 Å². The lowest BCUT2D eigenvalue weighted by Gasteiger charge is -2.25. The topological polar surface area (TPSA) is 64.3 Å². The molecule has 0 saturated heterocycles. The van der Waals surface area contributed by atoms with Gasteiger partial charge >= 0.3 is 0 Å². The highest BCUT2D eigenvalue weighted by atomic mass is 16.5. The molecule has 0 unspecified atom stereocenters. The summed E-state index contributed by atoms with van der Waals surface area (Å²) >= 11 is 0. The van der Waals surface area contributed by atoms with E-state index < -0.39 is 0 Å². The zero-order valence-electron chi connectivity index (χ0n) is 11.5. The molecular weight excluding hydrogens is 228 g/mol. The van der Waals surface area contributed by atoms with Crippen LogP contribution in [0.4, 0.5) is 5.69 Å². The van der Waals surface area contributed by atoms with E-state index >= 15 is 0 Å². The Hall–Kier alpha value is -1.55. The molecule has 4 heteroatoms. The van der Waals surface area contributed by atoms with Crippen molar-refractivity contribution in [3.63, 3.8) is 0 Å². The largest absolute Gasteiger partial charge is 0.398 e. The van der Waals surface area contributed by atoms with Gasteiger partial charge in [-0.25, -0.2) is 0 Å². The summed E-state index contributed by atoms with van der Waals surface area (Å²) < 4.78 is 5.53. The summed E-state index contributed by atoms with van der Waals surface area (Å²) in [5, 5.41) is 2.87. The molecule has 100 valence electrons. The van der Waals surface area contributed by atoms with Crippen LogP contribution in [0.5, 0.6) is 0 Å². The first-order valence-corrected chi connectivity index (χ1v) is 6.14. The highest BCUT2D eigenvalue weighted by Gasteiger charge is 2.19. The number of benzene rings is 1. The van der Waals surface area contributed by atoms with Crippen molar-refractivity contribution < 1.29 is 9.53 Å². The molecule has 0 atom stereocenters. The Morgan fingerprint density at radius 2 is 2.11 bits per heavy atom. The maximum Gasteiger partial charge on any atom is 0.251 e. The summed E-state index contributed by atoms with van der Waals surface area (Å²) in [4.78, 5) is 12.0. The van der Waals surface area contributed by atoms with Crippen LogP contribution in [0.1, 0.15) is 36.7 Å². The minimum atomic E-state index is -0.362. The number of hydrogen-bond donors (Lipinski definition) is 2. The van der Waals surface area contributed by atoms with E-state index in [0.717, 1.165) is 5.56 Å². The number of carbonyl (C=O) groups is 1. The van der Waals surface area contributed by atoms with Gasteiger partial charge in [0.05, 0.1) is 5.60 Å². The van der Waals surface area contributed by atoms with Crippen molar-refractivity contribution in [3.05, 3.63) is 29.3 Å². The maximum atomic E-state index is 12.0. The first kappa shape index (κ1) is 14.5. The molecule has 0 fully saturated rings. The van der Waals surface area contributed by atoms with E-state index in [9.17, 15) is 4.79 Å². The summed E-state index contributed by atoms with van der Waals surface area (Å²) in [6, 6.07) is 5.34. The third kappa shape index (κ3) is 3.74. The van der Waals surface area contributed by atoms with Gasteiger partial charge in [-0.3, -0.25) is 4.79 Å². The van der Waals surface area contributed by atoms with Gasteiger partial charge in [0, 0.05) is 24.4 Å². The number of nitrogens with two attached hydrogens (primary N) is 1. The maximum absolute atomic E-state index is 12.0. The van der Waals surface area contributed by atoms with E-state index in [2.05, 4.69) is 5.32 Å². The highest BCUT2D eigenvalue weighted by molar-refractivity contribution is 5.96. The molecule has 0 spiro atoms. The molecule has 1 amide bonds. The van der Waals surface area contributed by atoms with Gasteiger partial charge in [-0.1, -0.05) is 6.07 Å². The standard InChI is InChI=1S/C14H22N2O2/c1-5-18-14(3,4)9-16-13(17)11-7-6-8-12(15)10(11)2/h6-8H,5,9,15H2,1-4H3,(H,16,17). The van der Waals surface area contributed by atoms with Crippen molar-refractivity contribution in [1.82, 2.24) is 5.32 Å². The first-order chi connectivity index (χ1) is 8.37. The average molecular weight is 250 g/mol. The van der Waals surface area contributed by atoms with Gasteiger partial charge in [-0.2, -0.15) is 0 Å². The van der Waals surface area contributed by atoms with E-state index in [-0.39, 0.29) is 11.5 Å². The molecular formula is C14H22N2O2. The lowest BCUT2D eigenvalue weighted by molar-refractivity contribution is -0.00815. The highest BCUT2D eigenvalue weighted by Crippen LogP contribution is 2.15. The minimum Gasteiger partial charge on any atom is -0.398 e. The van der Waals surface area contributed by atoms with Gasteiger partial charge in [-0.05, 0) is 45.4 Å². The predicted molar refractivity (Wildman–Crippen MR) is 73.6 cm³/mol. The average Bonchev–Trinajstić information content (AvgIpc) is 2.30. The Balaban J connectivity index is 2.69. The van der Waals surface area contributed by atoms with Crippen molar-refractivity contribution in [2.24, 2.45) is 0 Å². The van der Waals surface area contributed by atoms with Gasteiger partial charge in [0.1, 0.15) is 0 Å². The van der Waals surface area contributed by atoms with Crippen LogP contribution in [0.15, 0.2) is 18.2 Å². The fourth-order valence-corrected chi connectivity index (χ4v) is 1.73. The molecule has 0 bridgehead atoms. The van der Waals surface area contributed by atoms with Crippen LogP contribution in [0.3, 0.4) is 0 Å². The summed E-state index contributed by atoms with van der Waals surface area (Å²) in [7, 11) is 0. The molecule has 0 saturated carbocycles. The number of rotatable bonds is 5. The fraction of sp³-hybridized carbons (Fsp3) is 0.500. The van der Waals surface area contributed by atoms with Crippen LogP contribution in [0.2, 0.25) is 0 Å².